The molecule has 3 rings (SSSR count). The van der Waals surface area contributed by atoms with Gasteiger partial charge in [-0.25, -0.2) is 0 Å². The van der Waals surface area contributed by atoms with Gasteiger partial charge in [0.2, 0.25) is 0 Å². The van der Waals surface area contributed by atoms with Gasteiger partial charge in [-0.05, 0) is 51.1 Å². The first-order chi connectivity index (χ1) is 12.2. The number of nitrogens with zero attached hydrogens (tertiary/aromatic N) is 1. The van der Waals surface area contributed by atoms with Crippen molar-refractivity contribution < 1.29 is 0 Å². The number of fused-ring (bicyclic) bond motifs is 1. The average Bonchev–Trinajstić information content (AvgIpc) is 3.12. The molecule has 0 saturated carbocycles. The number of rotatable bonds is 6. The molecule has 1 aromatic rings. The molecule has 2 heterocycles. The molecule has 1 unspecified atom stereocenters. The number of nitrogens with one attached hydrogen (secondary N) is 3. The summed E-state index contributed by atoms with van der Waals surface area (Å²) in [5, 5.41) is 6.85. The Morgan fingerprint density at radius 2 is 2.12 bits per heavy atom. The van der Waals surface area contributed by atoms with Crippen molar-refractivity contribution in [1.29, 1.82) is 0 Å². The second-order valence-electron chi connectivity index (χ2n) is 6.55. The smallest absolute Gasteiger partial charge is 0.0420 e. The molecule has 3 N–H and O–H groups in total. The van der Waals surface area contributed by atoms with Crippen molar-refractivity contribution in [1.82, 2.24) is 10.0 Å². The van der Waals surface area contributed by atoms with Gasteiger partial charge in [-0.15, -0.1) is 10.7 Å². The van der Waals surface area contributed by atoms with E-state index in [0.717, 1.165) is 12.3 Å². The standard InChI is InChI=1S/C14H21N3.C6H13NS/c1-15-11-6-9-17(10-7-11)14-4-2-3-13-12(14)5-8-16-13;1-4-6-8(3)7-5-2/h2-4,11,15-16H,5-10H2,1H3;5,7H,2-4,6H2,1H3. The molecule has 2 aliphatic rings. The maximum Gasteiger partial charge on any atom is 0.0420 e. The van der Waals surface area contributed by atoms with Gasteiger partial charge in [0.05, 0.1) is 0 Å². The third-order valence-corrected chi connectivity index (χ3v) is 6.19. The van der Waals surface area contributed by atoms with E-state index in [-0.39, 0.29) is 10.7 Å². The fourth-order valence-corrected chi connectivity index (χ4v) is 4.30. The molecule has 1 aromatic carbocycles. The molecule has 25 heavy (non-hydrogen) atoms. The number of piperidine rings is 1. The molecule has 1 fully saturated rings. The van der Waals surface area contributed by atoms with Gasteiger partial charge in [-0.1, -0.05) is 25.4 Å². The lowest BCUT2D eigenvalue weighted by atomic mass is 10.0. The molecule has 4 nitrogen and oxygen atoms in total. The lowest BCUT2D eigenvalue weighted by Crippen LogP contribution is -2.41. The number of anilines is 2. The summed E-state index contributed by atoms with van der Waals surface area (Å²) in [5.41, 5.74) is 4.33. The van der Waals surface area contributed by atoms with E-state index in [0.29, 0.717) is 6.04 Å². The largest absolute Gasteiger partial charge is 0.384 e. The topological polar surface area (TPSA) is 39.3 Å². The van der Waals surface area contributed by atoms with Gasteiger partial charge in [0.1, 0.15) is 0 Å². The van der Waals surface area contributed by atoms with Crippen molar-refractivity contribution in [3.63, 3.8) is 0 Å². The van der Waals surface area contributed by atoms with Crippen molar-refractivity contribution in [2.24, 2.45) is 0 Å². The second-order valence-corrected chi connectivity index (χ2v) is 8.18. The van der Waals surface area contributed by atoms with E-state index < -0.39 is 0 Å². The Kier molecular flexibility index (Phi) is 8.35. The summed E-state index contributed by atoms with van der Waals surface area (Å²) < 4.78 is 3.03. The van der Waals surface area contributed by atoms with Gasteiger partial charge in [-0.2, -0.15) is 0 Å². The van der Waals surface area contributed by atoms with E-state index in [1.54, 1.807) is 6.20 Å². The van der Waals surface area contributed by atoms with Crippen LogP contribution in [0.3, 0.4) is 0 Å². The molecule has 1 atom stereocenters. The molecule has 0 aromatic heterocycles. The fraction of sp³-hybridized carbons (Fsp3) is 0.550. The van der Waals surface area contributed by atoms with Gasteiger partial charge in [0, 0.05) is 48.4 Å². The Labute approximate surface area is 156 Å². The normalized spacial score (nSPS) is 17.8. The van der Waals surface area contributed by atoms with E-state index in [1.807, 2.05) is 0 Å². The Morgan fingerprint density at radius 1 is 1.36 bits per heavy atom. The fourth-order valence-electron chi connectivity index (χ4n) is 3.45. The van der Waals surface area contributed by atoms with Crippen molar-refractivity contribution in [2.45, 2.75) is 38.6 Å². The minimum atomic E-state index is 0.112. The molecule has 0 aliphatic carbocycles. The molecule has 0 spiro atoms. The maximum atomic E-state index is 3.86. The first-order valence-electron chi connectivity index (χ1n) is 9.35. The third-order valence-electron chi connectivity index (χ3n) is 4.79. The van der Waals surface area contributed by atoms with Gasteiger partial charge in [0.15, 0.2) is 0 Å². The highest BCUT2D eigenvalue weighted by Crippen LogP contribution is 2.33. The third kappa shape index (κ3) is 5.79. The van der Waals surface area contributed by atoms with Crippen LogP contribution in [0.1, 0.15) is 31.7 Å². The quantitative estimate of drug-likeness (QED) is 0.676. The molecule has 0 radical (unpaired) electrons. The Bertz CT molecular complexity index is 565. The zero-order chi connectivity index (χ0) is 18.1. The van der Waals surface area contributed by atoms with E-state index in [2.05, 4.69) is 64.9 Å². The Morgan fingerprint density at radius 3 is 2.76 bits per heavy atom. The lowest BCUT2D eigenvalue weighted by Gasteiger charge is -2.34. The average molecular weight is 363 g/mol. The van der Waals surface area contributed by atoms with E-state index in [4.69, 9.17) is 0 Å². The van der Waals surface area contributed by atoms with E-state index >= 15 is 0 Å². The SMILES string of the molecule is C=CNS(=C)CCC.CNC1CCN(c2cccc3c2CCN3)CC1. The van der Waals surface area contributed by atoms with Crippen LogP contribution in [0.2, 0.25) is 0 Å². The summed E-state index contributed by atoms with van der Waals surface area (Å²) >= 11 is 0. The van der Waals surface area contributed by atoms with Crippen LogP contribution in [-0.4, -0.2) is 44.3 Å². The highest BCUT2D eigenvalue weighted by Gasteiger charge is 2.22. The first-order valence-corrected chi connectivity index (χ1v) is 10.9. The summed E-state index contributed by atoms with van der Waals surface area (Å²) in [5.74, 6) is 5.01. The van der Waals surface area contributed by atoms with Gasteiger partial charge >= 0.3 is 0 Å². The molecular weight excluding hydrogens is 328 g/mol. The molecule has 140 valence electrons. The van der Waals surface area contributed by atoms with E-state index in [9.17, 15) is 0 Å². The van der Waals surface area contributed by atoms with Crippen molar-refractivity contribution >= 4 is 27.9 Å². The number of hydrogen-bond donors (Lipinski definition) is 3. The summed E-state index contributed by atoms with van der Waals surface area (Å²) in [6.45, 7) is 9.15. The minimum absolute atomic E-state index is 0.112. The molecule has 0 amide bonds. The maximum absolute atomic E-state index is 3.86. The van der Waals surface area contributed by atoms with Crippen molar-refractivity contribution in [3.05, 3.63) is 36.5 Å². The first kappa shape index (κ1) is 19.9. The molecular formula is C20H34N4S. The molecule has 0 bridgehead atoms. The van der Waals surface area contributed by atoms with Crippen LogP contribution < -0.4 is 20.3 Å². The minimum Gasteiger partial charge on any atom is -0.384 e. The highest BCUT2D eigenvalue weighted by atomic mass is 32.2. The zero-order valence-electron chi connectivity index (χ0n) is 15.8. The van der Waals surface area contributed by atoms with Crippen LogP contribution in [0.5, 0.6) is 0 Å². The summed E-state index contributed by atoms with van der Waals surface area (Å²) in [4.78, 5) is 2.56. The molecule has 1 saturated heterocycles. The van der Waals surface area contributed by atoms with Crippen LogP contribution in [0, 0.1) is 0 Å². The predicted octanol–water partition coefficient (Wildman–Crippen LogP) is 3.59. The van der Waals surface area contributed by atoms with Gasteiger partial charge in [0.25, 0.3) is 0 Å². The summed E-state index contributed by atoms with van der Waals surface area (Å²) in [6, 6.07) is 7.37. The van der Waals surface area contributed by atoms with Crippen LogP contribution >= 0.6 is 10.7 Å². The summed E-state index contributed by atoms with van der Waals surface area (Å²) in [7, 11) is 2.19. The van der Waals surface area contributed by atoms with Crippen molar-refractivity contribution in [3.8, 4) is 0 Å². The zero-order valence-corrected chi connectivity index (χ0v) is 16.6. The van der Waals surface area contributed by atoms with Crippen LogP contribution in [0.25, 0.3) is 0 Å². The lowest BCUT2D eigenvalue weighted by molar-refractivity contribution is 0.442. The van der Waals surface area contributed by atoms with Gasteiger partial charge in [-0.3, -0.25) is 0 Å². The van der Waals surface area contributed by atoms with Crippen molar-refractivity contribution in [2.75, 3.05) is 42.7 Å². The molecule has 5 heteroatoms. The number of hydrogen-bond acceptors (Lipinski definition) is 4. The predicted molar refractivity (Wildman–Crippen MR) is 116 cm³/mol. The number of benzene rings is 1. The van der Waals surface area contributed by atoms with Crippen LogP contribution in [0.15, 0.2) is 31.0 Å². The second kappa shape index (κ2) is 10.5. The summed E-state index contributed by atoms with van der Waals surface area (Å²) in [6.07, 6.45) is 6.58. The highest BCUT2D eigenvalue weighted by molar-refractivity contribution is 8.12. The van der Waals surface area contributed by atoms with Crippen LogP contribution in [-0.2, 0) is 6.42 Å². The Balaban J connectivity index is 0.000000242. The Hall–Kier alpha value is -1.46. The van der Waals surface area contributed by atoms with Crippen LogP contribution in [0.4, 0.5) is 11.4 Å². The monoisotopic (exact) mass is 362 g/mol. The van der Waals surface area contributed by atoms with E-state index in [1.165, 1.54) is 55.7 Å². The van der Waals surface area contributed by atoms with Gasteiger partial charge < -0.3 is 20.3 Å². The molecule has 2 aliphatic heterocycles.